The van der Waals surface area contributed by atoms with Crippen LogP contribution in [0.15, 0.2) is 0 Å². The Hall–Kier alpha value is 0.0499. The van der Waals surface area contributed by atoms with E-state index in [1.54, 1.807) is 0 Å². The molecule has 0 atom stereocenters. The third kappa shape index (κ3) is 4.67. The summed E-state index contributed by atoms with van der Waals surface area (Å²) in [6.07, 6.45) is 4.79. The van der Waals surface area contributed by atoms with Crippen molar-refractivity contribution < 1.29 is 9.47 Å². The van der Waals surface area contributed by atoms with Gasteiger partial charge in [0.25, 0.3) is 0 Å². The molecular weight excluding hydrogens is 210 g/mol. The second-order valence-corrected chi connectivity index (χ2v) is 6.56. The normalized spacial score (nSPS) is 18.8. The number of ether oxygens (including phenoxy) is 2. The van der Waals surface area contributed by atoms with Gasteiger partial charge < -0.3 is 9.47 Å². The lowest BCUT2D eigenvalue weighted by atomic mass is 9.29. The summed E-state index contributed by atoms with van der Waals surface area (Å²) in [4.78, 5) is 0. The third-order valence-electron chi connectivity index (χ3n) is 3.97. The summed E-state index contributed by atoms with van der Waals surface area (Å²) in [5.41, 5.74) is 0.496. The molecule has 0 N–H and O–H groups in total. The summed E-state index contributed by atoms with van der Waals surface area (Å²) >= 11 is 0. The topological polar surface area (TPSA) is 18.5 Å². The first kappa shape index (κ1) is 15.1. The Morgan fingerprint density at radius 2 is 2.00 bits per heavy atom. The minimum absolute atomic E-state index is 0.0549. The lowest BCUT2D eigenvalue weighted by Gasteiger charge is -2.42. The van der Waals surface area contributed by atoms with Gasteiger partial charge in [-0.3, -0.25) is 0 Å². The first-order chi connectivity index (χ1) is 7.93. The van der Waals surface area contributed by atoms with E-state index >= 15 is 0 Å². The fourth-order valence-corrected chi connectivity index (χ4v) is 2.55. The van der Waals surface area contributed by atoms with Gasteiger partial charge in [0.2, 0.25) is 0 Å². The van der Waals surface area contributed by atoms with Crippen LogP contribution < -0.4 is 0 Å². The van der Waals surface area contributed by atoms with Crippen LogP contribution in [-0.2, 0) is 9.47 Å². The van der Waals surface area contributed by atoms with Crippen molar-refractivity contribution in [3.8, 4) is 0 Å². The highest BCUT2D eigenvalue weighted by Crippen LogP contribution is 2.29. The molecule has 0 amide bonds. The molecule has 0 unspecified atom stereocenters. The zero-order valence-electron chi connectivity index (χ0n) is 12.3. The molecule has 1 heterocycles. The molecule has 0 aliphatic carbocycles. The van der Waals surface area contributed by atoms with Gasteiger partial charge in [-0.2, -0.15) is 0 Å². The minimum Gasteiger partial charge on any atom is -0.379 e. The van der Waals surface area contributed by atoms with E-state index in [0.29, 0.717) is 12.0 Å². The van der Waals surface area contributed by atoms with Gasteiger partial charge in [-0.25, -0.2) is 0 Å². The second kappa shape index (κ2) is 6.29. The standard InChI is InChI=1S/C13H28B2O2/c1-5-7-13(9-16-10-13)17-11-15(14)8-12(3,4)6-2/h5-11,14H2,1-4H3. The molecule has 98 valence electrons. The monoisotopic (exact) mass is 238 g/mol. The Kier molecular flexibility index (Phi) is 5.59. The van der Waals surface area contributed by atoms with Gasteiger partial charge >= 0.3 is 0 Å². The molecule has 2 nitrogen and oxygen atoms in total. The first-order valence-electron chi connectivity index (χ1n) is 7.15. The highest BCUT2D eigenvalue weighted by molar-refractivity contribution is 7.03. The summed E-state index contributed by atoms with van der Waals surface area (Å²) in [5, 5.41) is 0. The zero-order chi connectivity index (χ0) is 12.9. The van der Waals surface area contributed by atoms with Crippen LogP contribution in [0.3, 0.4) is 0 Å². The molecule has 1 rings (SSSR count). The average molecular weight is 238 g/mol. The fourth-order valence-electron chi connectivity index (χ4n) is 2.55. The third-order valence-corrected chi connectivity index (χ3v) is 3.97. The van der Waals surface area contributed by atoms with Crippen molar-refractivity contribution in [2.24, 2.45) is 5.41 Å². The van der Waals surface area contributed by atoms with E-state index in [2.05, 4.69) is 35.4 Å². The van der Waals surface area contributed by atoms with Gasteiger partial charge in [0, 0.05) is 6.51 Å². The van der Waals surface area contributed by atoms with Crippen LogP contribution in [0.4, 0.5) is 0 Å². The van der Waals surface area contributed by atoms with Gasteiger partial charge in [-0.1, -0.05) is 46.9 Å². The largest absolute Gasteiger partial charge is 0.379 e. The molecule has 1 aliphatic heterocycles. The van der Waals surface area contributed by atoms with Crippen LogP contribution in [0.5, 0.6) is 0 Å². The number of hydrogen-bond donors (Lipinski definition) is 0. The molecule has 0 aromatic carbocycles. The Morgan fingerprint density at radius 3 is 2.41 bits per heavy atom. The predicted molar refractivity (Wildman–Crippen MR) is 77.6 cm³/mol. The molecule has 0 aromatic rings. The molecule has 4 heteroatoms. The molecule has 1 aliphatic rings. The van der Waals surface area contributed by atoms with E-state index in [1.165, 1.54) is 19.2 Å². The van der Waals surface area contributed by atoms with E-state index in [9.17, 15) is 0 Å². The van der Waals surface area contributed by atoms with Gasteiger partial charge in [0.05, 0.1) is 21.0 Å². The fraction of sp³-hybridized carbons (Fsp3) is 1.00. The van der Waals surface area contributed by atoms with Gasteiger partial charge in [0.15, 0.2) is 0 Å². The van der Waals surface area contributed by atoms with Crippen molar-refractivity contribution in [3.63, 3.8) is 0 Å². The Labute approximate surface area is 108 Å². The van der Waals surface area contributed by atoms with Gasteiger partial charge in [-0.05, 0) is 11.8 Å². The van der Waals surface area contributed by atoms with Gasteiger partial charge in [0.1, 0.15) is 12.2 Å². The smallest absolute Gasteiger partial charge is 0.133 e. The highest BCUT2D eigenvalue weighted by Gasteiger charge is 2.39. The van der Waals surface area contributed by atoms with Crippen molar-refractivity contribution in [2.75, 3.05) is 19.7 Å². The van der Waals surface area contributed by atoms with Crippen LogP contribution in [0, 0.1) is 5.41 Å². The Morgan fingerprint density at radius 1 is 1.35 bits per heavy atom. The van der Waals surface area contributed by atoms with E-state index in [1.807, 2.05) is 0 Å². The predicted octanol–water partition coefficient (Wildman–Crippen LogP) is 2.17. The molecule has 1 saturated heterocycles. The van der Waals surface area contributed by atoms with Crippen molar-refractivity contribution >= 4 is 14.3 Å². The van der Waals surface area contributed by atoms with Crippen molar-refractivity contribution in [1.82, 2.24) is 0 Å². The maximum atomic E-state index is 6.13. The van der Waals surface area contributed by atoms with E-state index in [0.717, 1.165) is 26.1 Å². The highest BCUT2D eigenvalue weighted by atomic mass is 16.6. The Balaban J connectivity index is 2.29. The quantitative estimate of drug-likeness (QED) is 0.603. The molecule has 0 radical (unpaired) electrons. The maximum absolute atomic E-state index is 6.13. The molecule has 0 saturated carbocycles. The zero-order valence-corrected chi connectivity index (χ0v) is 12.3. The first-order valence-corrected chi connectivity index (χ1v) is 7.15. The van der Waals surface area contributed by atoms with Crippen molar-refractivity contribution in [2.45, 2.75) is 58.9 Å². The van der Waals surface area contributed by atoms with Crippen molar-refractivity contribution in [1.29, 1.82) is 0 Å². The Bertz CT molecular complexity index is 227. The summed E-state index contributed by atoms with van der Waals surface area (Å²) in [6, 6.07) is 0. The van der Waals surface area contributed by atoms with Crippen LogP contribution in [0.25, 0.3) is 0 Å². The molecule has 1 fully saturated rings. The molecule has 0 aromatic heterocycles. The van der Waals surface area contributed by atoms with Crippen LogP contribution in [0.1, 0.15) is 47.0 Å². The lowest BCUT2D eigenvalue weighted by molar-refractivity contribution is -0.204. The van der Waals surface area contributed by atoms with E-state index in [-0.39, 0.29) is 5.60 Å². The van der Waals surface area contributed by atoms with E-state index < -0.39 is 0 Å². The van der Waals surface area contributed by atoms with Crippen molar-refractivity contribution in [3.05, 3.63) is 0 Å². The summed E-state index contributed by atoms with van der Waals surface area (Å²) < 4.78 is 11.5. The summed E-state index contributed by atoms with van der Waals surface area (Å²) in [7, 11) is 2.30. The minimum atomic E-state index is 0.0549. The molecule has 0 bridgehead atoms. The van der Waals surface area contributed by atoms with Crippen LogP contribution >= 0.6 is 0 Å². The van der Waals surface area contributed by atoms with Gasteiger partial charge in [-0.15, -0.1) is 0 Å². The SMILES string of the molecule is BB(COC1(CCC)COC1)CC(C)(C)CC. The molecule has 17 heavy (non-hydrogen) atoms. The molecular formula is C13H28B2O2. The molecule has 0 spiro atoms. The van der Waals surface area contributed by atoms with Crippen LogP contribution in [0.2, 0.25) is 6.32 Å². The lowest BCUT2D eigenvalue weighted by Crippen LogP contribution is -2.53. The van der Waals surface area contributed by atoms with Crippen LogP contribution in [-0.4, -0.2) is 39.7 Å². The second-order valence-electron chi connectivity index (χ2n) is 6.56. The van der Waals surface area contributed by atoms with E-state index in [4.69, 9.17) is 9.47 Å². The maximum Gasteiger partial charge on any atom is 0.133 e. The summed E-state index contributed by atoms with van der Waals surface area (Å²) in [5.74, 6) is 0. The number of hydrogen-bond acceptors (Lipinski definition) is 2. The number of rotatable bonds is 8. The summed E-state index contributed by atoms with van der Waals surface area (Å²) in [6.45, 7) is 12.3. The average Bonchev–Trinajstić information content (AvgIpc) is 2.21.